The Labute approximate surface area is 135 Å². The van der Waals surface area contributed by atoms with E-state index in [1.165, 1.54) is 3.57 Å². The van der Waals surface area contributed by atoms with Crippen molar-refractivity contribution in [2.24, 2.45) is 5.92 Å². The Kier molecular flexibility index (Phi) is 7.65. The number of hydrogen-bond donors (Lipinski definition) is 0. The lowest BCUT2D eigenvalue weighted by molar-refractivity contribution is -0.123. The van der Waals surface area contributed by atoms with Gasteiger partial charge in [-0.3, -0.25) is 4.79 Å². The number of hydrogen-bond acceptors (Lipinski definition) is 2. The van der Waals surface area contributed by atoms with E-state index in [0.29, 0.717) is 12.5 Å². The largest absolute Gasteiger partial charge is 0.494 e. The Hall–Kier alpha value is -1.04. The lowest BCUT2D eigenvalue weighted by Gasteiger charge is -2.09. The standard InChI is InChI=1S/C16H22INO2/c1-13(6-11-16(19)18(2)3)5-4-12-20-15-9-7-14(17)8-10-15/h6-11,13H,4-5,12H2,1-3H3/b11-6+. The van der Waals surface area contributed by atoms with Crippen molar-refractivity contribution in [3.05, 3.63) is 40.0 Å². The van der Waals surface area contributed by atoms with Gasteiger partial charge >= 0.3 is 0 Å². The van der Waals surface area contributed by atoms with E-state index < -0.39 is 0 Å². The average molecular weight is 387 g/mol. The molecule has 0 spiro atoms. The van der Waals surface area contributed by atoms with Crippen molar-refractivity contribution in [2.45, 2.75) is 19.8 Å². The summed E-state index contributed by atoms with van der Waals surface area (Å²) in [6.45, 7) is 2.82. The monoisotopic (exact) mass is 387 g/mol. The van der Waals surface area contributed by atoms with E-state index in [2.05, 4.69) is 29.5 Å². The molecule has 110 valence electrons. The molecule has 1 amide bonds. The van der Waals surface area contributed by atoms with Gasteiger partial charge in [0.05, 0.1) is 6.61 Å². The van der Waals surface area contributed by atoms with Gasteiger partial charge in [-0.15, -0.1) is 0 Å². The first kappa shape index (κ1) is 17.0. The number of allylic oxidation sites excluding steroid dienone is 1. The first-order valence-electron chi connectivity index (χ1n) is 6.77. The smallest absolute Gasteiger partial charge is 0.245 e. The van der Waals surface area contributed by atoms with Crippen LogP contribution in [-0.2, 0) is 4.79 Å². The first-order valence-corrected chi connectivity index (χ1v) is 7.84. The molecular formula is C16H22INO2. The van der Waals surface area contributed by atoms with E-state index in [1.54, 1.807) is 25.1 Å². The molecule has 0 saturated heterocycles. The SMILES string of the molecule is CC(/C=C/C(=O)N(C)C)CCCOc1ccc(I)cc1. The van der Waals surface area contributed by atoms with Crippen molar-refractivity contribution in [1.29, 1.82) is 0 Å². The second-order valence-electron chi connectivity index (χ2n) is 5.01. The van der Waals surface area contributed by atoms with Gasteiger partial charge in [0.1, 0.15) is 5.75 Å². The molecule has 0 saturated carbocycles. The molecule has 1 aromatic carbocycles. The molecule has 3 nitrogen and oxygen atoms in total. The lowest BCUT2D eigenvalue weighted by atomic mass is 10.1. The highest BCUT2D eigenvalue weighted by molar-refractivity contribution is 14.1. The highest BCUT2D eigenvalue weighted by atomic mass is 127. The van der Waals surface area contributed by atoms with Crippen LogP contribution in [0.2, 0.25) is 0 Å². The summed E-state index contributed by atoms with van der Waals surface area (Å²) < 4.78 is 6.88. The lowest BCUT2D eigenvalue weighted by Crippen LogP contribution is -2.19. The highest BCUT2D eigenvalue weighted by Gasteiger charge is 2.01. The molecule has 0 fully saturated rings. The van der Waals surface area contributed by atoms with Crippen molar-refractivity contribution in [1.82, 2.24) is 4.90 Å². The van der Waals surface area contributed by atoms with Crippen molar-refractivity contribution in [2.75, 3.05) is 20.7 Å². The van der Waals surface area contributed by atoms with Gasteiger partial charge in [0.15, 0.2) is 0 Å². The van der Waals surface area contributed by atoms with Gasteiger partial charge in [0.25, 0.3) is 0 Å². The third-order valence-corrected chi connectivity index (χ3v) is 3.61. The number of carbonyl (C=O) groups excluding carboxylic acids is 1. The fraction of sp³-hybridized carbons (Fsp3) is 0.438. The predicted molar refractivity (Wildman–Crippen MR) is 90.9 cm³/mol. The Bertz CT molecular complexity index is 440. The maximum absolute atomic E-state index is 11.4. The summed E-state index contributed by atoms with van der Waals surface area (Å²) in [4.78, 5) is 13.0. The van der Waals surface area contributed by atoms with Gasteiger partial charge < -0.3 is 9.64 Å². The first-order chi connectivity index (χ1) is 9.49. The van der Waals surface area contributed by atoms with Gasteiger partial charge in [0, 0.05) is 17.7 Å². The third kappa shape index (κ3) is 6.93. The Balaban J connectivity index is 2.20. The molecule has 0 aromatic heterocycles. The minimum absolute atomic E-state index is 0.0342. The molecule has 1 aromatic rings. The van der Waals surface area contributed by atoms with Crippen molar-refractivity contribution in [3.8, 4) is 5.75 Å². The molecule has 20 heavy (non-hydrogen) atoms. The predicted octanol–water partition coefficient (Wildman–Crippen LogP) is 3.73. The number of benzene rings is 1. The molecule has 0 N–H and O–H groups in total. The molecule has 1 unspecified atom stereocenters. The summed E-state index contributed by atoms with van der Waals surface area (Å²) >= 11 is 2.27. The van der Waals surface area contributed by atoms with E-state index in [4.69, 9.17) is 4.74 Å². The van der Waals surface area contributed by atoms with Crippen LogP contribution in [0.15, 0.2) is 36.4 Å². The average Bonchev–Trinajstić information content (AvgIpc) is 2.42. The number of amides is 1. The second-order valence-corrected chi connectivity index (χ2v) is 6.26. The van der Waals surface area contributed by atoms with Crippen molar-refractivity contribution >= 4 is 28.5 Å². The van der Waals surface area contributed by atoms with Gasteiger partial charge in [-0.05, 0) is 71.7 Å². The Morgan fingerprint density at radius 2 is 2.00 bits per heavy atom. The normalized spacial score (nSPS) is 12.4. The number of likely N-dealkylation sites (N-methyl/N-ethyl adjacent to an activating group) is 1. The van der Waals surface area contributed by atoms with Crippen LogP contribution in [0.1, 0.15) is 19.8 Å². The quantitative estimate of drug-likeness (QED) is 0.405. The van der Waals surface area contributed by atoms with E-state index in [0.717, 1.165) is 18.6 Å². The van der Waals surface area contributed by atoms with E-state index in [1.807, 2.05) is 30.3 Å². The molecule has 0 aliphatic rings. The molecule has 0 radical (unpaired) electrons. The molecule has 1 rings (SSSR count). The van der Waals surface area contributed by atoms with E-state index >= 15 is 0 Å². The minimum Gasteiger partial charge on any atom is -0.494 e. The fourth-order valence-electron chi connectivity index (χ4n) is 1.62. The molecule has 4 heteroatoms. The summed E-state index contributed by atoms with van der Waals surface area (Å²) in [5.74, 6) is 1.34. The zero-order valence-corrected chi connectivity index (χ0v) is 14.5. The number of carbonyl (C=O) groups is 1. The summed E-state index contributed by atoms with van der Waals surface area (Å²) in [5.41, 5.74) is 0. The number of ether oxygens (including phenoxy) is 1. The van der Waals surface area contributed by atoms with Gasteiger partial charge in [-0.25, -0.2) is 0 Å². The van der Waals surface area contributed by atoms with Crippen LogP contribution < -0.4 is 4.74 Å². The summed E-state index contributed by atoms with van der Waals surface area (Å²) in [5, 5.41) is 0. The fourth-order valence-corrected chi connectivity index (χ4v) is 1.98. The second kappa shape index (κ2) is 9.00. The molecule has 0 aliphatic heterocycles. The molecule has 0 bridgehead atoms. The minimum atomic E-state index is 0.0342. The van der Waals surface area contributed by atoms with Crippen molar-refractivity contribution < 1.29 is 9.53 Å². The van der Waals surface area contributed by atoms with E-state index in [9.17, 15) is 4.79 Å². The van der Waals surface area contributed by atoms with E-state index in [-0.39, 0.29) is 5.91 Å². The summed E-state index contributed by atoms with van der Waals surface area (Å²) in [6.07, 6.45) is 5.60. The number of halogens is 1. The molecule has 0 aliphatic carbocycles. The maximum atomic E-state index is 11.4. The van der Waals surface area contributed by atoms with Crippen LogP contribution >= 0.6 is 22.6 Å². The van der Waals surface area contributed by atoms with Crippen LogP contribution in [0.25, 0.3) is 0 Å². The number of rotatable bonds is 7. The maximum Gasteiger partial charge on any atom is 0.245 e. The topological polar surface area (TPSA) is 29.5 Å². The molecular weight excluding hydrogens is 365 g/mol. The highest BCUT2D eigenvalue weighted by Crippen LogP contribution is 2.14. The zero-order chi connectivity index (χ0) is 15.0. The van der Waals surface area contributed by atoms with Crippen LogP contribution in [-0.4, -0.2) is 31.5 Å². The molecule has 0 heterocycles. The van der Waals surface area contributed by atoms with Crippen molar-refractivity contribution in [3.63, 3.8) is 0 Å². The summed E-state index contributed by atoms with van der Waals surface area (Å²) in [7, 11) is 3.51. The Morgan fingerprint density at radius 3 is 2.60 bits per heavy atom. The van der Waals surface area contributed by atoms with Crippen LogP contribution in [0.3, 0.4) is 0 Å². The summed E-state index contributed by atoms with van der Waals surface area (Å²) in [6, 6.07) is 8.05. The Morgan fingerprint density at radius 1 is 1.35 bits per heavy atom. The van der Waals surface area contributed by atoms with Crippen LogP contribution in [0.5, 0.6) is 5.75 Å². The van der Waals surface area contributed by atoms with Gasteiger partial charge in [-0.2, -0.15) is 0 Å². The van der Waals surface area contributed by atoms with Crippen LogP contribution in [0.4, 0.5) is 0 Å². The van der Waals surface area contributed by atoms with Crippen LogP contribution in [0, 0.1) is 9.49 Å². The molecule has 1 atom stereocenters. The van der Waals surface area contributed by atoms with Gasteiger partial charge in [-0.1, -0.05) is 13.0 Å². The zero-order valence-electron chi connectivity index (χ0n) is 12.3. The third-order valence-electron chi connectivity index (χ3n) is 2.89. The van der Waals surface area contributed by atoms with Gasteiger partial charge in [0.2, 0.25) is 5.91 Å². The number of nitrogens with zero attached hydrogens (tertiary/aromatic N) is 1.